The molecule has 2 N–H and O–H groups in total. The number of phenols is 1. The Morgan fingerprint density at radius 2 is 1.96 bits per heavy atom. The number of amides is 1. The number of halogens is 1. The number of benzene rings is 2. The number of hydrogen-bond acceptors (Lipinski definition) is 3. The monoisotopic (exact) mass is 344 g/mol. The third kappa shape index (κ3) is 3.36. The maximum Gasteiger partial charge on any atom is 0.276 e. The van der Waals surface area contributed by atoms with Gasteiger partial charge in [-0.15, -0.1) is 0 Å². The molecule has 1 aliphatic heterocycles. The van der Waals surface area contributed by atoms with E-state index in [1.54, 1.807) is 18.2 Å². The van der Waals surface area contributed by atoms with Crippen molar-refractivity contribution >= 4 is 40.9 Å². The highest BCUT2D eigenvalue weighted by Crippen LogP contribution is 2.25. The van der Waals surface area contributed by atoms with Gasteiger partial charge in [-0.2, -0.15) is 0 Å². The minimum atomic E-state index is -0.192. The quantitative estimate of drug-likeness (QED) is 0.662. The first-order valence-electron chi connectivity index (χ1n) is 6.91. The molecule has 1 amide bonds. The predicted octanol–water partition coefficient (Wildman–Crippen LogP) is 3.30. The molecule has 0 atom stereocenters. The van der Waals surface area contributed by atoms with Crippen LogP contribution >= 0.6 is 23.8 Å². The highest BCUT2D eigenvalue weighted by Gasteiger charge is 2.30. The minimum absolute atomic E-state index is 0.000694. The van der Waals surface area contributed by atoms with Gasteiger partial charge in [0.2, 0.25) is 0 Å². The first-order valence-corrected chi connectivity index (χ1v) is 7.70. The number of nitrogens with zero attached hydrogens (tertiary/aromatic N) is 1. The van der Waals surface area contributed by atoms with Crippen LogP contribution in [0.15, 0.2) is 54.2 Å². The Bertz CT molecular complexity index is 805. The molecule has 1 heterocycles. The Morgan fingerprint density at radius 3 is 2.65 bits per heavy atom. The summed E-state index contributed by atoms with van der Waals surface area (Å²) in [5.41, 5.74) is 2.08. The Hall–Kier alpha value is -2.37. The molecule has 2 aromatic carbocycles. The molecule has 0 unspecified atom stereocenters. The van der Waals surface area contributed by atoms with E-state index in [-0.39, 0.29) is 16.7 Å². The number of rotatable bonds is 3. The van der Waals surface area contributed by atoms with Crippen LogP contribution in [0.2, 0.25) is 5.02 Å². The number of carbonyl (C=O) groups excluding carboxylic acids is 1. The number of hydrogen-bond donors (Lipinski definition) is 2. The summed E-state index contributed by atoms with van der Waals surface area (Å²) in [6.45, 7) is 0.416. The van der Waals surface area contributed by atoms with Crippen molar-refractivity contribution in [3.63, 3.8) is 0 Å². The molecule has 3 rings (SSSR count). The normalized spacial score (nSPS) is 16.0. The van der Waals surface area contributed by atoms with Crippen LogP contribution in [0.25, 0.3) is 6.08 Å². The molecule has 0 aromatic heterocycles. The summed E-state index contributed by atoms with van der Waals surface area (Å²) in [5, 5.41) is 13.0. The van der Waals surface area contributed by atoms with E-state index in [9.17, 15) is 9.90 Å². The summed E-state index contributed by atoms with van der Waals surface area (Å²) < 4.78 is 0. The summed E-state index contributed by atoms with van der Waals surface area (Å²) in [7, 11) is 0. The Morgan fingerprint density at radius 1 is 1.22 bits per heavy atom. The molecule has 6 heteroatoms. The summed E-state index contributed by atoms with van der Waals surface area (Å²) in [6.07, 6.45) is 1.66. The zero-order valence-corrected chi connectivity index (χ0v) is 13.6. The largest absolute Gasteiger partial charge is 0.506 e. The number of nitrogens with one attached hydrogen (secondary N) is 1. The summed E-state index contributed by atoms with van der Waals surface area (Å²) in [4.78, 5) is 14.0. The van der Waals surface area contributed by atoms with Gasteiger partial charge >= 0.3 is 0 Å². The molecule has 0 saturated carbocycles. The summed E-state index contributed by atoms with van der Waals surface area (Å²) in [6, 6.07) is 14.4. The van der Waals surface area contributed by atoms with Gasteiger partial charge in [0.05, 0.1) is 11.6 Å². The van der Waals surface area contributed by atoms with Crippen LogP contribution in [0, 0.1) is 0 Å². The second-order valence-corrected chi connectivity index (χ2v) is 5.87. The van der Waals surface area contributed by atoms with E-state index < -0.39 is 0 Å². The Kier molecular flexibility index (Phi) is 4.32. The minimum Gasteiger partial charge on any atom is -0.506 e. The van der Waals surface area contributed by atoms with Gasteiger partial charge in [0.15, 0.2) is 5.11 Å². The first kappa shape index (κ1) is 15.5. The lowest BCUT2D eigenvalue weighted by Gasteiger charge is -2.13. The number of thiocarbonyl (C=S) groups is 1. The average Bonchev–Trinajstić information content (AvgIpc) is 2.80. The molecule has 1 fully saturated rings. The molecule has 4 nitrogen and oxygen atoms in total. The average molecular weight is 345 g/mol. The van der Waals surface area contributed by atoms with Gasteiger partial charge in [0.1, 0.15) is 11.4 Å². The van der Waals surface area contributed by atoms with Crippen LogP contribution in [0.3, 0.4) is 0 Å². The van der Waals surface area contributed by atoms with Crippen LogP contribution in [0.5, 0.6) is 5.75 Å². The third-order valence-corrected chi connectivity index (χ3v) is 4.05. The molecular formula is C17H13ClN2O2S. The van der Waals surface area contributed by atoms with Crippen LogP contribution in [0.1, 0.15) is 11.1 Å². The fraction of sp³-hybridized carbons (Fsp3) is 0.0588. The van der Waals surface area contributed by atoms with Gasteiger partial charge < -0.3 is 10.4 Å². The second kappa shape index (κ2) is 6.40. The van der Waals surface area contributed by atoms with E-state index in [2.05, 4.69) is 5.32 Å². The molecule has 1 aliphatic rings. The van der Waals surface area contributed by atoms with Crippen molar-refractivity contribution in [2.45, 2.75) is 6.54 Å². The maximum atomic E-state index is 12.5. The summed E-state index contributed by atoms with van der Waals surface area (Å²) in [5.74, 6) is -0.191. The van der Waals surface area contributed by atoms with E-state index in [1.807, 2.05) is 30.3 Å². The lowest BCUT2D eigenvalue weighted by atomic mass is 10.1. The lowest BCUT2D eigenvalue weighted by molar-refractivity contribution is -0.122. The van der Waals surface area contributed by atoms with Crippen molar-refractivity contribution in [2.24, 2.45) is 0 Å². The molecule has 116 valence electrons. The first-order chi connectivity index (χ1) is 11.0. The number of phenolic OH excluding ortho intramolecular Hbond substituents is 1. The fourth-order valence-corrected chi connectivity index (χ4v) is 2.71. The highest BCUT2D eigenvalue weighted by molar-refractivity contribution is 7.80. The van der Waals surface area contributed by atoms with Gasteiger partial charge in [0, 0.05) is 0 Å². The molecule has 23 heavy (non-hydrogen) atoms. The van der Waals surface area contributed by atoms with Gasteiger partial charge in [-0.05, 0) is 41.6 Å². The summed E-state index contributed by atoms with van der Waals surface area (Å²) >= 11 is 11.1. The van der Waals surface area contributed by atoms with Crippen molar-refractivity contribution < 1.29 is 9.90 Å². The third-order valence-electron chi connectivity index (χ3n) is 3.43. The molecule has 2 aromatic rings. The molecule has 0 radical (unpaired) electrons. The smallest absolute Gasteiger partial charge is 0.276 e. The van der Waals surface area contributed by atoms with Gasteiger partial charge in [0.25, 0.3) is 5.91 Å². The Balaban J connectivity index is 1.83. The molecule has 0 spiro atoms. The topological polar surface area (TPSA) is 52.6 Å². The van der Waals surface area contributed by atoms with E-state index in [0.29, 0.717) is 22.9 Å². The van der Waals surface area contributed by atoms with E-state index in [1.165, 1.54) is 11.0 Å². The van der Waals surface area contributed by atoms with Crippen LogP contribution in [0.4, 0.5) is 0 Å². The van der Waals surface area contributed by atoms with E-state index in [0.717, 1.165) is 5.56 Å². The lowest BCUT2D eigenvalue weighted by Crippen LogP contribution is -2.29. The standard InChI is InChI=1S/C17H13ClN2O2S/c18-13-8-12(6-7-15(13)21)9-14-16(22)20(17(23)19-14)10-11-4-2-1-3-5-11/h1-9,21H,10H2,(H,19,23)/b14-9+. The van der Waals surface area contributed by atoms with Crippen molar-refractivity contribution in [2.75, 3.05) is 0 Å². The second-order valence-electron chi connectivity index (χ2n) is 5.08. The van der Waals surface area contributed by atoms with Gasteiger partial charge in [-0.1, -0.05) is 48.0 Å². The number of aromatic hydroxyl groups is 1. The van der Waals surface area contributed by atoms with Crippen LogP contribution in [-0.4, -0.2) is 21.0 Å². The van der Waals surface area contributed by atoms with E-state index in [4.69, 9.17) is 23.8 Å². The molecule has 0 bridgehead atoms. The fourth-order valence-electron chi connectivity index (χ4n) is 2.26. The maximum absolute atomic E-state index is 12.5. The highest BCUT2D eigenvalue weighted by atomic mass is 35.5. The molecule has 1 saturated heterocycles. The van der Waals surface area contributed by atoms with Crippen LogP contribution in [-0.2, 0) is 11.3 Å². The van der Waals surface area contributed by atoms with Gasteiger partial charge in [-0.3, -0.25) is 9.69 Å². The van der Waals surface area contributed by atoms with Crippen molar-refractivity contribution in [3.05, 3.63) is 70.4 Å². The van der Waals surface area contributed by atoms with Crippen molar-refractivity contribution in [1.29, 1.82) is 0 Å². The zero-order chi connectivity index (χ0) is 16.4. The Labute approximate surface area is 144 Å². The zero-order valence-electron chi connectivity index (χ0n) is 12.0. The predicted molar refractivity (Wildman–Crippen MR) is 93.8 cm³/mol. The van der Waals surface area contributed by atoms with Gasteiger partial charge in [-0.25, -0.2) is 0 Å². The number of carbonyl (C=O) groups is 1. The molecular weight excluding hydrogens is 332 g/mol. The molecule has 0 aliphatic carbocycles. The van der Waals surface area contributed by atoms with Crippen molar-refractivity contribution in [1.82, 2.24) is 10.2 Å². The van der Waals surface area contributed by atoms with E-state index >= 15 is 0 Å². The van der Waals surface area contributed by atoms with Crippen molar-refractivity contribution in [3.8, 4) is 5.75 Å². The SMILES string of the molecule is O=C1/C(=C\c2ccc(O)c(Cl)c2)NC(=S)N1Cc1ccccc1. The van der Waals surface area contributed by atoms with Crippen LogP contribution < -0.4 is 5.32 Å².